The lowest BCUT2D eigenvalue weighted by atomic mass is 10.0. The van der Waals surface area contributed by atoms with E-state index in [1.54, 1.807) is 4.90 Å². The number of rotatable bonds is 8. The summed E-state index contributed by atoms with van der Waals surface area (Å²) in [4.78, 5) is 14.3. The van der Waals surface area contributed by atoms with Gasteiger partial charge in [0.15, 0.2) is 0 Å². The van der Waals surface area contributed by atoms with Crippen LogP contribution in [0.3, 0.4) is 0 Å². The highest BCUT2D eigenvalue weighted by Crippen LogP contribution is 2.23. The zero-order valence-electron chi connectivity index (χ0n) is 16.5. The molecular formula is C18H37NO3Si. The minimum atomic E-state index is -1.82. The van der Waals surface area contributed by atoms with E-state index >= 15 is 0 Å². The molecule has 0 bridgehead atoms. The van der Waals surface area contributed by atoms with Crippen molar-refractivity contribution >= 4 is 14.2 Å². The first-order chi connectivity index (χ1) is 10.4. The van der Waals surface area contributed by atoms with Crippen molar-refractivity contribution in [3.63, 3.8) is 0 Å². The Balaban J connectivity index is 5.33. The average Bonchev–Trinajstić information content (AvgIpc) is 2.35. The van der Waals surface area contributed by atoms with Crippen LogP contribution in [0.5, 0.6) is 0 Å². The SMILES string of the molecule is CCC[C@@H](O)[C@@H](C)/C=C(\OC(=O)N(C(C)C)C(C)C)[Si](C)(C)C. The second-order valence-corrected chi connectivity index (χ2v) is 13.0. The topological polar surface area (TPSA) is 49.8 Å². The van der Waals surface area contributed by atoms with Gasteiger partial charge in [0.2, 0.25) is 0 Å². The zero-order chi connectivity index (χ0) is 18.4. The van der Waals surface area contributed by atoms with Crippen molar-refractivity contribution in [2.45, 2.75) is 92.2 Å². The first-order valence-electron chi connectivity index (χ1n) is 8.82. The van der Waals surface area contributed by atoms with Gasteiger partial charge in [-0.25, -0.2) is 4.79 Å². The summed E-state index contributed by atoms with van der Waals surface area (Å²) in [6.07, 6.45) is 2.98. The van der Waals surface area contributed by atoms with Gasteiger partial charge < -0.3 is 14.7 Å². The normalized spacial score (nSPS) is 15.7. The van der Waals surface area contributed by atoms with E-state index in [2.05, 4.69) is 26.6 Å². The molecule has 0 aliphatic heterocycles. The fourth-order valence-corrected chi connectivity index (χ4v) is 3.67. The fourth-order valence-electron chi connectivity index (χ4n) is 2.51. The molecule has 0 fully saturated rings. The summed E-state index contributed by atoms with van der Waals surface area (Å²) in [5.74, 6) is -0.0176. The van der Waals surface area contributed by atoms with Gasteiger partial charge in [-0.15, -0.1) is 0 Å². The van der Waals surface area contributed by atoms with Crippen LogP contribution in [-0.2, 0) is 4.74 Å². The molecule has 23 heavy (non-hydrogen) atoms. The zero-order valence-corrected chi connectivity index (χ0v) is 17.5. The van der Waals surface area contributed by atoms with Crippen LogP contribution >= 0.6 is 0 Å². The maximum atomic E-state index is 12.6. The molecule has 0 aromatic heterocycles. The molecule has 0 saturated heterocycles. The quantitative estimate of drug-likeness (QED) is 0.509. The maximum absolute atomic E-state index is 12.6. The monoisotopic (exact) mass is 343 g/mol. The summed E-state index contributed by atoms with van der Waals surface area (Å²) >= 11 is 0. The molecule has 4 nitrogen and oxygen atoms in total. The van der Waals surface area contributed by atoms with Crippen molar-refractivity contribution in [3.8, 4) is 0 Å². The molecule has 136 valence electrons. The summed E-state index contributed by atoms with van der Waals surface area (Å²) in [5, 5.41) is 10.9. The Bertz CT molecular complexity index is 392. The second kappa shape index (κ2) is 9.47. The minimum Gasteiger partial charge on any atom is -0.420 e. The summed E-state index contributed by atoms with van der Waals surface area (Å²) in [6.45, 7) is 18.5. The van der Waals surface area contributed by atoms with Gasteiger partial charge in [-0.2, -0.15) is 0 Å². The van der Waals surface area contributed by atoms with Crippen molar-refractivity contribution in [2.24, 2.45) is 5.92 Å². The van der Waals surface area contributed by atoms with Gasteiger partial charge >= 0.3 is 6.09 Å². The van der Waals surface area contributed by atoms with Crippen molar-refractivity contribution in [1.82, 2.24) is 4.90 Å². The number of ether oxygens (including phenoxy) is 1. The largest absolute Gasteiger partial charge is 0.420 e. The van der Waals surface area contributed by atoms with Crippen LogP contribution in [0.25, 0.3) is 0 Å². The lowest BCUT2D eigenvalue weighted by molar-refractivity contribution is 0.102. The third-order valence-corrected chi connectivity index (χ3v) is 5.61. The lowest BCUT2D eigenvalue weighted by Gasteiger charge is -2.32. The molecule has 0 aliphatic carbocycles. The Kier molecular flexibility index (Phi) is 9.14. The predicted molar refractivity (Wildman–Crippen MR) is 100 cm³/mol. The Labute approximate surface area is 143 Å². The average molecular weight is 344 g/mol. The number of hydrogen-bond donors (Lipinski definition) is 1. The third kappa shape index (κ3) is 7.53. The highest BCUT2D eigenvalue weighted by atomic mass is 28.3. The molecule has 0 aliphatic rings. The predicted octanol–water partition coefficient (Wildman–Crippen LogP) is 4.80. The highest BCUT2D eigenvalue weighted by molar-refractivity contribution is 6.82. The van der Waals surface area contributed by atoms with Crippen LogP contribution in [-0.4, -0.2) is 42.4 Å². The summed E-state index contributed by atoms with van der Waals surface area (Å²) in [7, 11) is -1.82. The number of carbonyl (C=O) groups excluding carboxylic acids is 1. The molecule has 0 heterocycles. The minimum absolute atomic E-state index is 0.0176. The standard InChI is InChI=1S/C18H37NO3Si/c1-10-11-16(20)15(6)12-17(23(7,8)9)22-18(21)19(13(2)3)14(4)5/h12-16,20H,10-11H2,1-9H3/b17-12+/t15-,16+/m0/s1. The van der Waals surface area contributed by atoms with Crippen molar-refractivity contribution < 1.29 is 14.6 Å². The molecule has 0 aromatic carbocycles. The molecule has 0 unspecified atom stereocenters. The number of aliphatic hydroxyl groups excluding tert-OH is 1. The second-order valence-electron chi connectivity index (χ2n) is 7.96. The van der Waals surface area contributed by atoms with E-state index in [1.165, 1.54) is 0 Å². The molecule has 2 atom stereocenters. The number of hydrogen-bond acceptors (Lipinski definition) is 3. The first kappa shape index (κ1) is 22.2. The van der Waals surface area contributed by atoms with Crippen molar-refractivity contribution in [1.29, 1.82) is 0 Å². The maximum Gasteiger partial charge on any atom is 0.414 e. The van der Waals surface area contributed by atoms with Crippen LogP contribution < -0.4 is 0 Å². The van der Waals surface area contributed by atoms with Gasteiger partial charge in [0, 0.05) is 18.0 Å². The molecule has 1 N–H and O–H groups in total. The van der Waals surface area contributed by atoms with E-state index in [-0.39, 0.29) is 24.1 Å². The highest BCUT2D eigenvalue weighted by Gasteiger charge is 2.29. The smallest absolute Gasteiger partial charge is 0.414 e. The van der Waals surface area contributed by atoms with Crippen LogP contribution in [0.2, 0.25) is 19.6 Å². The van der Waals surface area contributed by atoms with Gasteiger partial charge in [-0.3, -0.25) is 0 Å². The molecule has 0 radical (unpaired) electrons. The molecule has 0 aromatic rings. The Morgan fingerprint density at radius 2 is 1.61 bits per heavy atom. The number of carbonyl (C=O) groups is 1. The van der Waals surface area contributed by atoms with Crippen LogP contribution in [0.1, 0.15) is 54.4 Å². The van der Waals surface area contributed by atoms with E-state index in [4.69, 9.17) is 4.74 Å². The van der Waals surface area contributed by atoms with Gasteiger partial charge in [0.25, 0.3) is 0 Å². The summed E-state index contributed by atoms with van der Waals surface area (Å²) in [5.41, 5.74) is 0. The molecule has 0 spiro atoms. The van der Waals surface area contributed by atoms with Crippen LogP contribution in [0.15, 0.2) is 11.5 Å². The number of nitrogens with zero attached hydrogens (tertiary/aromatic N) is 1. The van der Waals surface area contributed by atoms with E-state index in [0.29, 0.717) is 0 Å². The third-order valence-electron chi connectivity index (χ3n) is 3.87. The number of amides is 1. The molecule has 5 heteroatoms. The fraction of sp³-hybridized carbons (Fsp3) is 0.833. The Morgan fingerprint density at radius 3 is 1.96 bits per heavy atom. The molecule has 0 rings (SSSR count). The van der Waals surface area contributed by atoms with Gasteiger partial charge in [0.1, 0.15) is 8.07 Å². The van der Waals surface area contributed by atoms with Crippen LogP contribution in [0, 0.1) is 5.92 Å². The first-order valence-corrected chi connectivity index (χ1v) is 12.3. The van der Waals surface area contributed by atoms with Crippen LogP contribution in [0.4, 0.5) is 4.79 Å². The van der Waals surface area contributed by atoms with Gasteiger partial charge in [0.05, 0.1) is 11.5 Å². The summed E-state index contributed by atoms with van der Waals surface area (Å²) < 4.78 is 5.80. The van der Waals surface area contributed by atoms with Gasteiger partial charge in [-0.05, 0) is 40.2 Å². The Morgan fingerprint density at radius 1 is 1.13 bits per heavy atom. The van der Waals surface area contributed by atoms with Crippen molar-refractivity contribution in [3.05, 3.63) is 11.5 Å². The van der Waals surface area contributed by atoms with Gasteiger partial charge in [-0.1, -0.05) is 39.9 Å². The van der Waals surface area contributed by atoms with Crippen molar-refractivity contribution in [2.75, 3.05) is 0 Å². The van der Waals surface area contributed by atoms with E-state index in [1.807, 2.05) is 40.7 Å². The van der Waals surface area contributed by atoms with E-state index < -0.39 is 14.2 Å². The molecule has 1 amide bonds. The Hall–Kier alpha value is -0.813. The lowest BCUT2D eigenvalue weighted by Crippen LogP contribution is -2.43. The number of aliphatic hydroxyl groups is 1. The molecule has 0 saturated carbocycles. The molecular weight excluding hydrogens is 306 g/mol. The summed E-state index contributed by atoms with van der Waals surface area (Å²) in [6, 6.07) is 0.182. The van der Waals surface area contributed by atoms with E-state index in [0.717, 1.165) is 18.2 Å². The van der Waals surface area contributed by atoms with E-state index in [9.17, 15) is 9.90 Å².